The molecule has 120 valence electrons. The van der Waals surface area contributed by atoms with E-state index in [4.69, 9.17) is 17.3 Å². The fourth-order valence-electron chi connectivity index (χ4n) is 1.99. The topological polar surface area (TPSA) is 107 Å². The van der Waals surface area contributed by atoms with Crippen LogP contribution in [0.4, 0.5) is 21.5 Å². The van der Waals surface area contributed by atoms with E-state index >= 15 is 0 Å². The summed E-state index contributed by atoms with van der Waals surface area (Å²) in [5, 5.41) is 20.5. The Kier molecular flexibility index (Phi) is 4.50. The zero-order valence-electron chi connectivity index (χ0n) is 12.1. The van der Waals surface area contributed by atoms with Gasteiger partial charge in [0.2, 0.25) is 0 Å². The lowest BCUT2D eigenvalue weighted by atomic mass is 10.1. The molecule has 3 aromatic rings. The Bertz CT molecular complexity index is 941. The molecule has 0 spiro atoms. The number of azo groups is 1. The van der Waals surface area contributed by atoms with Crippen LogP contribution in [0, 0.1) is 10.1 Å². The normalized spacial score (nSPS) is 11.0. The van der Waals surface area contributed by atoms with Crippen molar-refractivity contribution in [1.82, 2.24) is 4.98 Å². The van der Waals surface area contributed by atoms with Crippen molar-refractivity contribution in [2.75, 3.05) is 5.73 Å². The Labute approximate surface area is 145 Å². The number of thiazole rings is 1. The first-order chi connectivity index (χ1) is 11.5. The van der Waals surface area contributed by atoms with Gasteiger partial charge in [-0.2, -0.15) is 0 Å². The lowest BCUT2D eigenvalue weighted by Gasteiger charge is -1.98. The molecule has 0 bridgehead atoms. The standard InChI is InChI=1S/C15H10ClN5O2S/c16-10-4-2-5-11(8-10)19-20-14-13(18-15(17)24-14)9-3-1-6-12(7-9)21(22)23/h1-8H,(H2,17,18). The van der Waals surface area contributed by atoms with Crippen molar-refractivity contribution in [2.45, 2.75) is 0 Å². The summed E-state index contributed by atoms with van der Waals surface area (Å²) in [5.41, 5.74) is 7.31. The molecule has 0 aliphatic rings. The molecule has 0 radical (unpaired) electrons. The van der Waals surface area contributed by atoms with Crippen LogP contribution in [0.2, 0.25) is 5.02 Å². The Morgan fingerprint density at radius 2 is 1.96 bits per heavy atom. The van der Waals surface area contributed by atoms with E-state index in [9.17, 15) is 10.1 Å². The van der Waals surface area contributed by atoms with Gasteiger partial charge in [0.15, 0.2) is 10.1 Å². The van der Waals surface area contributed by atoms with E-state index in [-0.39, 0.29) is 5.69 Å². The van der Waals surface area contributed by atoms with Gasteiger partial charge in [-0.1, -0.05) is 41.1 Å². The van der Waals surface area contributed by atoms with Crippen molar-refractivity contribution in [3.8, 4) is 11.3 Å². The number of nitro benzene ring substituents is 1. The summed E-state index contributed by atoms with van der Waals surface area (Å²) < 4.78 is 0. The molecule has 0 unspecified atom stereocenters. The average molecular weight is 360 g/mol. The zero-order chi connectivity index (χ0) is 17.1. The molecule has 0 saturated carbocycles. The van der Waals surface area contributed by atoms with Crippen LogP contribution in [-0.2, 0) is 0 Å². The molecule has 1 heterocycles. The van der Waals surface area contributed by atoms with E-state index in [1.807, 2.05) is 0 Å². The number of nitrogens with two attached hydrogens (primary N) is 1. The molecule has 3 rings (SSSR count). The van der Waals surface area contributed by atoms with Gasteiger partial charge in [0.05, 0.1) is 10.6 Å². The van der Waals surface area contributed by atoms with E-state index in [1.54, 1.807) is 36.4 Å². The van der Waals surface area contributed by atoms with Gasteiger partial charge in [-0.25, -0.2) is 4.98 Å². The minimum Gasteiger partial charge on any atom is -0.375 e. The highest BCUT2D eigenvalue weighted by molar-refractivity contribution is 7.19. The van der Waals surface area contributed by atoms with Crippen LogP contribution < -0.4 is 5.73 Å². The van der Waals surface area contributed by atoms with Gasteiger partial charge in [0.1, 0.15) is 5.69 Å². The highest BCUT2D eigenvalue weighted by atomic mass is 35.5. The Morgan fingerprint density at radius 3 is 2.71 bits per heavy atom. The molecule has 7 nitrogen and oxygen atoms in total. The summed E-state index contributed by atoms with van der Waals surface area (Å²) >= 11 is 7.06. The third kappa shape index (κ3) is 3.55. The van der Waals surface area contributed by atoms with Gasteiger partial charge >= 0.3 is 0 Å². The Morgan fingerprint density at radius 1 is 1.17 bits per heavy atom. The molecule has 2 N–H and O–H groups in total. The second-order valence-electron chi connectivity index (χ2n) is 4.69. The fraction of sp³-hybridized carbons (Fsp3) is 0. The molecule has 0 amide bonds. The van der Waals surface area contributed by atoms with Gasteiger partial charge in [-0.05, 0) is 18.2 Å². The molecule has 24 heavy (non-hydrogen) atoms. The van der Waals surface area contributed by atoms with Crippen LogP contribution in [0.1, 0.15) is 0 Å². The highest BCUT2D eigenvalue weighted by Crippen LogP contribution is 2.38. The predicted octanol–water partition coefficient (Wildman–Crippen LogP) is 5.37. The average Bonchev–Trinajstić information content (AvgIpc) is 2.94. The van der Waals surface area contributed by atoms with Gasteiger partial charge < -0.3 is 5.73 Å². The van der Waals surface area contributed by atoms with Gasteiger partial charge in [-0.3, -0.25) is 10.1 Å². The minimum atomic E-state index is -0.466. The number of non-ortho nitro benzene ring substituents is 1. The van der Waals surface area contributed by atoms with Crippen molar-refractivity contribution in [2.24, 2.45) is 10.2 Å². The molecular weight excluding hydrogens is 350 g/mol. The fourth-order valence-corrected chi connectivity index (χ4v) is 2.85. The summed E-state index contributed by atoms with van der Waals surface area (Å²) in [4.78, 5) is 14.7. The molecule has 0 aliphatic carbocycles. The maximum Gasteiger partial charge on any atom is 0.270 e. The molecule has 0 saturated heterocycles. The summed E-state index contributed by atoms with van der Waals surface area (Å²) in [6.07, 6.45) is 0. The van der Waals surface area contributed by atoms with E-state index in [1.165, 1.54) is 12.1 Å². The summed E-state index contributed by atoms with van der Waals surface area (Å²) in [6, 6.07) is 13.0. The molecule has 2 aromatic carbocycles. The van der Waals surface area contributed by atoms with Gasteiger partial charge in [0, 0.05) is 22.7 Å². The van der Waals surface area contributed by atoms with E-state index < -0.39 is 4.92 Å². The third-order valence-corrected chi connectivity index (χ3v) is 4.02. The van der Waals surface area contributed by atoms with Crippen LogP contribution in [0.5, 0.6) is 0 Å². The molecule has 0 aliphatic heterocycles. The zero-order valence-corrected chi connectivity index (χ0v) is 13.7. The first kappa shape index (κ1) is 16.0. The summed E-state index contributed by atoms with van der Waals surface area (Å²) in [7, 11) is 0. The number of halogens is 1. The SMILES string of the molecule is Nc1nc(-c2cccc([N+](=O)[O-])c2)c(N=Nc2cccc(Cl)c2)s1. The first-order valence-corrected chi connectivity index (χ1v) is 7.91. The number of rotatable bonds is 4. The quantitative estimate of drug-likeness (QED) is 0.383. The van der Waals surface area contributed by atoms with Crippen LogP contribution >= 0.6 is 22.9 Å². The lowest BCUT2D eigenvalue weighted by molar-refractivity contribution is -0.384. The lowest BCUT2D eigenvalue weighted by Crippen LogP contribution is -1.88. The number of nitrogen functional groups attached to an aromatic ring is 1. The van der Waals surface area contributed by atoms with Crippen molar-refractivity contribution < 1.29 is 4.92 Å². The van der Waals surface area contributed by atoms with Crippen molar-refractivity contribution >= 4 is 44.4 Å². The van der Waals surface area contributed by atoms with Gasteiger partial charge in [0.25, 0.3) is 5.69 Å². The van der Waals surface area contributed by atoms with Crippen molar-refractivity contribution in [1.29, 1.82) is 0 Å². The van der Waals surface area contributed by atoms with Crippen LogP contribution in [0.3, 0.4) is 0 Å². The van der Waals surface area contributed by atoms with E-state index in [0.29, 0.717) is 32.1 Å². The van der Waals surface area contributed by atoms with E-state index in [2.05, 4.69) is 15.2 Å². The van der Waals surface area contributed by atoms with Gasteiger partial charge in [-0.15, -0.1) is 10.2 Å². The number of hydrogen-bond donors (Lipinski definition) is 1. The Balaban J connectivity index is 1.99. The van der Waals surface area contributed by atoms with Crippen LogP contribution in [0.25, 0.3) is 11.3 Å². The third-order valence-electron chi connectivity index (χ3n) is 3.02. The number of aromatic nitrogens is 1. The molecule has 0 fully saturated rings. The van der Waals surface area contributed by atoms with Crippen molar-refractivity contribution in [3.63, 3.8) is 0 Å². The first-order valence-electron chi connectivity index (χ1n) is 6.71. The monoisotopic (exact) mass is 359 g/mol. The van der Waals surface area contributed by atoms with Crippen LogP contribution in [0.15, 0.2) is 58.8 Å². The molecule has 9 heteroatoms. The second kappa shape index (κ2) is 6.73. The smallest absolute Gasteiger partial charge is 0.270 e. The van der Waals surface area contributed by atoms with E-state index in [0.717, 1.165) is 11.3 Å². The molecule has 0 atom stereocenters. The molecular formula is C15H10ClN5O2S. The number of nitro groups is 1. The second-order valence-corrected chi connectivity index (χ2v) is 6.14. The largest absolute Gasteiger partial charge is 0.375 e. The maximum atomic E-state index is 10.9. The minimum absolute atomic E-state index is 0.0307. The number of hydrogen-bond acceptors (Lipinski definition) is 7. The van der Waals surface area contributed by atoms with Crippen molar-refractivity contribution in [3.05, 3.63) is 63.7 Å². The maximum absolute atomic E-state index is 10.9. The van der Waals surface area contributed by atoms with Crippen LogP contribution in [-0.4, -0.2) is 9.91 Å². The number of nitrogens with zero attached hydrogens (tertiary/aromatic N) is 4. The Hall–Kier alpha value is -2.84. The summed E-state index contributed by atoms with van der Waals surface area (Å²) in [5.74, 6) is 0. The number of benzene rings is 2. The summed E-state index contributed by atoms with van der Waals surface area (Å²) in [6.45, 7) is 0. The molecule has 1 aromatic heterocycles. The number of anilines is 1. The highest BCUT2D eigenvalue weighted by Gasteiger charge is 2.15. The predicted molar refractivity (Wildman–Crippen MR) is 94.2 cm³/mol.